The van der Waals surface area contributed by atoms with Crippen molar-refractivity contribution in [1.29, 1.82) is 0 Å². The Hall–Kier alpha value is -3.83. The molecule has 158 valence electrons. The minimum Gasteiger partial charge on any atom is -0.372 e. The van der Waals surface area contributed by atoms with Gasteiger partial charge in [-0.1, -0.05) is 12.6 Å². The number of halogens is 1. The van der Waals surface area contributed by atoms with E-state index in [1.807, 2.05) is 48.0 Å². The monoisotopic (exact) mass is 417 g/mol. The first kappa shape index (κ1) is 20.4. The Morgan fingerprint density at radius 1 is 1.29 bits per heavy atom. The molecule has 1 aliphatic rings. The molecule has 6 nitrogen and oxygen atoms in total. The van der Waals surface area contributed by atoms with E-state index in [0.717, 1.165) is 24.1 Å². The molecule has 0 unspecified atom stereocenters. The average molecular weight is 417 g/mol. The van der Waals surface area contributed by atoms with Gasteiger partial charge >= 0.3 is 0 Å². The number of carbonyl (C=O) groups excluding carboxylic acids is 1. The number of pyridine rings is 1. The highest BCUT2D eigenvalue weighted by Gasteiger charge is 2.21. The van der Waals surface area contributed by atoms with Gasteiger partial charge in [-0.05, 0) is 42.3 Å². The number of carbonyl (C=O) groups is 1. The van der Waals surface area contributed by atoms with Crippen molar-refractivity contribution in [2.75, 3.05) is 30.4 Å². The molecule has 1 aliphatic heterocycles. The Labute approximate surface area is 180 Å². The number of fused-ring (bicyclic) bond motifs is 1. The van der Waals surface area contributed by atoms with Crippen molar-refractivity contribution < 1.29 is 9.18 Å². The minimum absolute atomic E-state index is 0.185. The zero-order valence-electron chi connectivity index (χ0n) is 17.6. The number of hydrogen-bond acceptors (Lipinski definition) is 4. The van der Waals surface area contributed by atoms with E-state index in [1.165, 1.54) is 6.07 Å². The van der Waals surface area contributed by atoms with Crippen LogP contribution in [0.4, 0.5) is 15.9 Å². The maximum absolute atomic E-state index is 14.6. The van der Waals surface area contributed by atoms with Crippen molar-refractivity contribution in [1.82, 2.24) is 14.9 Å². The lowest BCUT2D eigenvalue weighted by Crippen LogP contribution is -2.27. The van der Waals surface area contributed by atoms with Crippen LogP contribution in [0, 0.1) is 5.82 Å². The fourth-order valence-electron chi connectivity index (χ4n) is 3.70. The maximum atomic E-state index is 14.6. The summed E-state index contributed by atoms with van der Waals surface area (Å²) < 4.78 is 16.4. The van der Waals surface area contributed by atoms with Crippen molar-refractivity contribution in [2.24, 2.45) is 7.05 Å². The van der Waals surface area contributed by atoms with Crippen LogP contribution >= 0.6 is 0 Å². The molecule has 0 saturated carbocycles. The number of nitrogens with zero attached hydrogens (tertiary/aromatic N) is 3. The van der Waals surface area contributed by atoms with Gasteiger partial charge in [0.1, 0.15) is 11.6 Å². The lowest BCUT2D eigenvalue weighted by atomic mass is 10.0. The third-order valence-electron chi connectivity index (χ3n) is 5.30. The van der Waals surface area contributed by atoms with Gasteiger partial charge in [-0.15, -0.1) is 5.73 Å². The third kappa shape index (κ3) is 4.37. The van der Waals surface area contributed by atoms with E-state index in [9.17, 15) is 9.18 Å². The summed E-state index contributed by atoms with van der Waals surface area (Å²) in [6, 6.07) is 10.8. The SMILES string of the molecule is C=C=C(CNC(=O)c1ccn(C)c1)Nc1cccc(-c2cc(F)c3c(c2)CCN3C)n1. The van der Waals surface area contributed by atoms with Crippen LogP contribution in [0.15, 0.2) is 66.8 Å². The largest absolute Gasteiger partial charge is 0.372 e. The van der Waals surface area contributed by atoms with E-state index in [2.05, 4.69) is 27.9 Å². The summed E-state index contributed by atoms with van der Waals surface area (Å²) >= 11 is 0. The molecule has 0 saturated heterocycles. The van der Waals surface area contributed by atoms with Gasteiger partial charge in [0, 0.05) is 38.6 Å². The molecule has 3 aromatic rings. The van der Waals surface area contributed by atoms with E-state index in [1.54, 1.807) is 18.3 Å². The first-order chi connectivity index (χ1) is 14.9. The summed E-state index contributed by atoms with van der Waals surface area (Å²) in [6.07, 6.45) is 4.38. The molecule has 1 amide bonds. The highest BCUT2D eigenvalue weighted by atomic mass is 19.1. The Bertz CT molecular complexity index is 1190. The molecular formula is C24H24FN5O. The predicted molar refractivity (Wildman–Crippen MR) is 121 cm³/mol. The molecule has 1 aromatic carbocycles. The number of amides is 1. The average Bonchev–Trinajstić information content (AvgIpc) is 3.37. The molecule has 0 fully saturated rings. The first-order valence-electron chi connectivity index (χ1n) is 10.0. The van der Waals surface area contributed by atoms with Gasteiger partial charge in [0.05, 0.1) is 29.2 Å². The minimum atomic E-state index is -0.233. The molecular weight excluding hydrogens is 393 g/mol. The zero-order chi connectivity index (χ0) is 22.0. The van der Waals surface area contributed by atoms with E-state index in [-0.39, 0.29) is 18.3 Å². The van der Waals surface area contributed by atoms with Crippen LogP contribution in [0.3, 0.4) is 0 Å². The van der Waals surface area contributed by atoms with Crippen LogP contribution < -0.4 is 15.5 Å². The molecule has 0 radical (unpaired) electrons. The summed E-state index contributed by atoms with van der Waals surface area (Å²) in [5.41, 5.74) is 7.02. The Balaban J connectivity index is 1.47. The normalized spacial score (nSPS) is 12.3. The van der Waals surface area contributed by atoms with Crippen molar-refractivity contribution in [3.05, 3.63) is 83.7 Å². The number of benzene rings is 1. The van der Waals surface area contributed by atoms with Crippen LogP contribution in [0.25, 0.3) is 11.3 Å². The highest BCUT2D eigenvalue weighted by Crippen LogP contribution is 2.34. The third-order valence-corrected chi connectivity index (χ3v) is 5.30. The second-order valence-corrected chi connectivity index (χ2v) is 7.57. The van der Waals surface area contributed by atoms with Gasteiger partial charge in [0.15, 0.2) is 0 Å². The van der Waals surface area contributed by atoms with E-state index in [4.69, 9.17) is 0 Å². The molecule has 31 heavy (non-hydrogen) atoms. The molecule has 0 bridgehead atoms. The van der Waals surface area contributed by atoms with Crippen LogP contribution in [-0.4, -0.2) is 35.6 Å². The first-order valence-corrected chi connectivity index (χ1v) is 10.0. The van der Waals surface area contributed by atoms with E-state index in [0.29, 0.717) is 28.5 Å². The quantitative estimate of drug-likeness (QED) is 0.600. The summed E-state index contributed by atoms with van der Waals surface area (Å²) in [5.74, 6) is 0.147. The Morgan fingerprint density at radius 3 is 2.87 bits per heavy atom. The van der Waals surface area contributed by atoms with Crippen LogP contribution in [0.2, 0.25) is 0 Å². The second-order valence-electron chi connectivity index (χ2n) is 7.57. The van der Waals surface area contributed by atoms with E-state index >= 15 is 0 Å². The molecule has 7 heteroatoms. The van der Waals surface area contributed by atoms with Gasteiger partial charge in [-0.3, -0.25) is 4.79 Å². The molecule has 2 aromatic heterocycles. The summed E-state index contributed by atoms with van der Waals surface area (Å²) in [7, 11) is 3.76. The topological polar surface area (TPSA) is 62.2 Å². The van der Waals surface area contributed by atoms with Crippen molar-refractivity contribution in [2.45, 2.75) is 6.42 Å². The molecule has 0 spiro atoms. The summed E-state index contributed by atoms with van der Waals surface area (Å²) in [5, 5.41) is 5.97. The molecule has 0 aliphatic carbocycles. The second kappa shape index (κ2) is 8.50. The lowest BCUT2D eigenvalue weighted by molar-refractivity contribution is 0.0957. The number of rotatable bonds is 6. The zero-order valence-corrected chi connectivity index (χ0v) is 17.6. The number of nitrogens with one attached hydrogen (secondary N) is 2. The molecule has 4 rings (SSSR count). The number of aryl methyl sites for hydroxylation is 1. The standard InChI is InChI=1S/C24H24FN5O/c1-4-19(14-26-24(31)17-8-10-29(2)15-17)27-22-7-5-6-21(28-22)18-12-16-9-11-30(3)23(16)20(25)13-18/h5-8,10,12-13,15H,1,9,11,14H2,2-3H3,(H,26,31)(H,27,28). The molecule has 2 N–H and O–H groups in total. The molecule has 0 atom stereocenters. The molecule has 3 heterocycles. The predicted octanol–water partition coefficient (Wildman–Crippen LogP) is 3.73. The fourth-order valence-corrected chi connectivity index (χ4v) is 3.70. The summed E-state index contributed by atoms with van der Waals surface area (Å²) in [6.45, 7) is 4.73. The Kier molecular flexibility index (Phi) is 5.60. The fraction of sp³-hybridized carbons (Fsp3) is 0.208. The number of anilines is 2. The lowest BCUT2D eigenvalue weighted by Gasteiger charge is -2.14. The number of likely N-dealkylation sites (N-methyl/N-ethyl adjacent to an activating group) is 1. The van der Waals surface area contributed by atoms with Crippen LogP contribution in [0.1, 0.15) is 15.9 Å². The van der Waals surface area contributed by atoms with Gasteiger partial charge in [-0.2, -0.15) is 0 Å². The van der Waals surface area contributed by atoms with Gasteiger partial charge in [0.25, 0.3) is 5.91 Å². The smallest absolute Gasteiger partial charge is 0.253 e. The van der Waals surface area contributed by atoms with Crippen LogP contribution in [0.5, 0.6) is 0 Å². The highest BCUT2D eigenvalue weighted by molar-refractivity contribution is 5.94. The van der Waals surface area contributed by atoms with Crippen LogP contribution in [-0.2, 0) is 13.5 Å². The summed E-state index contributed by atoms with van der Waals surface area (Å²) in [4.78, 5) is 18.8. The van der Waals surface area contributed by atoms with Crippen molar-refractivity contribution in [3.8, 4) is 11.3 Å². The number of aromatic nitrogens is 2. The van der Waals surface area contributed by atoms with Crippen molar-refractivity contribution >= 4 is 17.4 Å². The van der Waals surface area contributed by atoms with Crippen molar-refractivity contribution in [3.63, 3.8) is 0 Å². The van der Waals surface area contributed by atoms with Gasteiger partial charge in [0.2, 0.25) is 0 Å². The van der Waals surface area contributed by atoms with E-state index < -0.39 is 0 Å². The maximum Gasteiger partial charge on any atom is 0.253 e. The van der Waals surface area contributed by atoms with Gasteiger partial charge < -0.3 is 20.1 Å². The van der Waals surface area contributed by atoms with Gasteiger partial charge in [-0.25, -0.2) is 9.37 Å². The Morgan fingerprint density at radius 2 is 2.13 bits per heavy atom. The number of hydrogen-bond donors (Lipinski definition) is 2.